The van der Waals surface area contributed by atoms with Crippen molar-refractivity contribution >= 4 is 5.95 Å². The predicted octanol–water partition coefficient (Wildman–Crippen LogP) is 0.697. The van der Waals surface area contributed by atoms with Crippen molar-refractivity contribution in [1.29, 1.82) is 0 Å². The van der Waals surface area contributed by atoms with Gasteiger partial charge in [-0.3, -0.25) is 0 Å². The highest BCUT2D eigenvalue weighted by Gasteiger charge is 2.41. The number of hydrogen-bond donors (Lipinski definition) is 2. The lowest BCUT2D eigenvalue weighted by molar-refractivity contribution is 0.396. The van der Waals surface area contributed by atoms with Gasteiger partial charge in [-0.05, 0) is 19.8 Å². The van der Waals surface area contributed by atoms with E-state index in [4.69, 9.17) is 10.5 Å². The van der Waals surface area contributed by atoms with Gasteiger partial charge in [0.1, 0.15) is 0 Å². The van der Waals surface area contributed by atoms with Gasteiger partial charge in [-0.2, -0.15) is 4.98 Å². The highest BCUT2D eigenvalue weighted by atomic mass is 16.5. The molecular formula is C10H16N4O. The standard InChI is InChI=1S/C10H16N4O/c1-7-5-8(15-2)13-9(12-7)14-10(6-11)3-4-10/h5H,3-4,6,11H2,1-2H3,(H,12,13,14). The van der Waals surface area contributed by atoms with Gasteiger partial charge in [0.05, 0.1) is 12.6 Å². The van der Waals surface area contributed by atoms with Gasteiger partial charge in [0.25, 0.3) is 0 Å². The summed E-state index contributed by atoms with van der Waals surface area (Å²) >= 11 is 0. The van der Waals surface area contributed by atoms with E-state index in [1.165, 1.54) is 0 Å². The minimum atomic E-state index is 0.0266. The number of ether oxygens (including phenoxy) is 1. The van der Waals surface area contributed by atoms with E-state index in [-0.39, 0.29) is 5.54 Å². The number of nitrogens with two attached hydrogens (primary N) is 1. The summed E-state index contributed by atoms with van der Waals surface area (Å²) in [6.07, 6.45) is 2.17. The Morgan fingerprint density at radius 1 is 1.53 bits per heavy atom. The van der Waals surface area contributed by atoms with Crippen molar-refractivity contribution in [3.8, 4) is 5.88 Å². The number of hydrogen-bond acceptors (Lipinski definition) is 5. The Morgan fingerprint density at radius 3 is 2.80 bits per heavy atom. The minimum absolute atomic E-state index is 0.0266. The first-order valence-corrected chi connectivity index (χ1v) is 5.05. The van der Waals surface area contributed by atoms with Gasteiger partial charge in [-0.15, -0.1) is 0 Å². The zero-order valence-corrected chi connectivity index (χ0v) is 9.08. The monoisotopic (exact) mass is 208 g/mol. The van der Waals surface area contributed by atoms with Crippen LogP contribution in [0.15, 0.2) is 6.07 Å². The second kappa shape index (κ2) is 3.66. The second-order valence-electron chi connectivity index (χ2n) is 3.98. The van der Waals surface area contributed by atoms with Crippen molar-refractivity contribution in [1.82, 2.24) is 9.97 Å². The fraction of sp³-hybridized carbons (Fsp3) is 0.600. The molecule has 2 rings (SSSR count). The van der Waals surface area contributed by atoms with Crippen molar-refractivity contribution in [2.75, 3.05) is 19.0 Å². The maximum atomic E-state index is 5.68. The van der Waals surface area contributed by atoms with Gasteiger partial charge in [0, 0.05) is 18.3 Å². The van der Waals surface area contributed by atoms with E-state index in [0.717, 1.165) is 18.5 Å². The van der Waals surface area contributed by atoms with Crippen LogP contribution in [-0.4, -0.2) is 29.2 Å². The van der Waals surface area contributed by atoms with Crippen LogP contribution < -0.4 is 15.8 Å². The lowest BCUT2D eigenvalue weighted by atomic mass is 10.3. The molecule has 0 radical (unpaired) electrons. The molecule has 1 aliphatic carbocycles. The number of methoxy groups -OCH3 is 1. The van der Waals surface area contributed by atoms with Crippen LogP contribution in [0.4, 0.5) is 5.95 Å². The lowest BCUT2D eigenvalue weighted by Crippen LogP contribution is -2.31. The highest BCUT2D eigenvalue weighted by Crippen LogP contribution is 2.37. The van der Waals surface area contributed by atoms with Crippen LogP contribution in [0.1, 0.15) is 18.5 Å². The molecule has 1 aromatic heterocycles. The van der Waals surface area contributed by atoms with E-state index in [1.54, 1.807) is 13.2 Å². The molecule has 5 nitrogen and oxygen atoms in total. The smallest absolute Gasteiger partial charge is 0.226 e. The molecule has 82 valence electrons. The van der Waals surface area contributed by atoms with Gasteiger partial charge in [-0.25, -0.2) is 4.98 Å². The van der Waals surface area contributed by atoms with Crippen LogP contribution in [0.2, 0.25) is 0 Å². The number of nitrogens with one attached hydrogen (secondary N) is 1. The summed E-state index contributed by atoms with van der Waals surface area (Å²) in [5.74, 6) is 1.19. The Bertz CT molecular complexity index is 362. The van der Waals surface area contributed by atoms with Crippen molar-refractivity contribution in [3.05, 3.63) is 11.8 Å². The van der Waals surface area contributed by atoms with E-state index < -0.39 is 0 Å². The third-order valence-electron chi connectivity index (χ3n) is 2.66. The fourth-order valence-corrected chi connectivity index (χ4v) is 1.47. The normalized spacial score (nSPS) is 17.3. The molecule has 0 aromatic carbocycles. The Hall–Kier alpha value is -1.36. The molecule has 0 saturated heterocycles. The topological polar surface area (TPSA) is 73.1 Å². The molecule has 5 heteroatoms. The first-order chi connectivity index (χ1) is 7.17. The lowest BCUT2D eigenvalue weighted by Gasteiger charge is -2.15. The van der Waals surface area contributed by atoms with Gasteiger partial charge >= 0.3 is 0 Å². The SMILES string of the molecule is COc1cc(C)nc(NC2(CN)CC2)n1. The van der Waals surface area contributed by atoms with Crippen molar-refractivity contribution in [3.63, 3.8) is 0 Å². The third-order valence-corrected chi connectivity index (χ3v) is 2.66. The van der Waals surface area contributed by atoms with Crippen LogP contribution in [0.5, 0.6) is 5.88 Å². The van der Waals surface area contributed by atoms with Crippen LogP contribution in [0, 0.1) is 6.92 Å². The molecule has 1 heterocycles. The maximum absolute atomic E-state index is 5.68. The summed E-state index contributed by atoms with van der Waals surface area (Å²) in [6, 6.07) is 1.80. The summed E-state index contributed by atoms with van der Waals surface area (Å²) in [5.41, 5.74) is 6.59. The molecule has 1 fully saturated rings. The van der Waals surface area contributed by atoms with E-state index in [2.05, 4.69) is 15.3 Å². The molecule has 0 amide bonds. The number of aromatic nitrogens is 2. The average molecular weight is 208 g/mol. The summed E-state index contributed by atoms with van der Waals surface area (Å²) in [6.45, 7) is 2.53. The first kappa shape index (κ1) is 10.2. The molecule has 0 spiro atoms. The first-order valence-electron chi connectivity index (χ1n) is 5.05. The Labute approximate surface area is 89.1 Å². The molecular weight excluding hydrogens is 192 g/mol. The molecule has 0 atom stereocenters. The minimum Gasteiger partial charge on any atom is -0.481 e. The zero-order valence-electron chi connectivity index (χ0n) is 9.08. The molecule has 0 bridgehead atoms. The zero-order chi connectivity index (χ0) is 10.9. The summed E-state index contributed by atoms with van der Waals surface area (Å²) in [5, 5.41) is 3.27. The molecule has 0 aliphatic heterocycles. The average Bonchev–Trinajstić information content (AvgIpc) is 2.97. The summed E-state index contributed by atoms with van der Waals surface area (Å²) in [7, 11) is 1.60. The molecule has 3 N–H and O–H groups in total. The molecule has 15 heavy (non-hydrogen) atoms. The van der Waals surface area contributed by atoms with E-state index in [0.29, 0.717) is 18.4 Å². The number of nitrogens with zero attached hydrogens (tertiary/aromatic N) is 2. The van der Waals surface area contributed by atoms with Gasteiger partial charge in [0.15, 0.2) is 0 Å². The van der Waals surface area contributed by atoms with E-state index in [9.17, 15) is 0 Å². The molecule has 1 aliphatic rings. The van der Waals surface area contributed by atoms with Crippen LogP contribution >= 0.6 is 0 Å². The predicted molar refractivity (Wildman–Crippen MR) is 58.0 cm³/mol. The largest absolute Gasteiger partial charge is 0.481 e. The Kier molecular flexibility index (Phi) is 2.48. The maximum Gasteiger partial charge on any atom is 0.226 e. The quantitative estimate of drug-likeness (QED) is 0.762. The number of anilines is 1. The van der Waals surface area contributed by atoms with Gasteiger partial charge in [0.2, 0.25) is 11.8 Å². The van der Waals surface area contributed by atoms with Gasteiger partial charge in [-0.1, -0.05) is 0 Å². The fourth-order valence-electron chi connectivity index (χ4n) is 1.47. The third kappa shape index (κ3) is 2.18. The molecule has 0 unspecified atom stereocenters. The summed E-state index contributed by atoms with van der Waals surface area (Å²) < 4.78 is 5.08. The number of aryl methyl sites for hydroxylation is 1. The van der Waals surface area contributed by atoms with Crippen LogP contribution in [-0.2, 0) is 0 Å². The molecule has 1 aromatic rings. The Morgan fingerprint density at radius 2 is 2.27 bits per heavy atom. The Balaban J connectivity index is 2.17. The second-order valence-corrected chi connectivity index (χ2v) is 3.98. The van der Waals surface area contributed by atoms with Crippen molar-refractivity contribution in [2.24, 2.45) is 5.73 Å². The van der Waals surface area contributed by atoms with Crippen molar-refractivity contribution < 1.29 is 4.74 Å². The van der Waals surface area contributed by atoms with Crippen LogP contribution in [0.25, 0.3) is 0 Å². The van der Waals surface area contributed by atoms with E-state index >= 15 is 0 Å². The van der Waals surface area contributed by atoms with E-state index in [1.807, 2.05) is 6.92 Å². The van der Waals surface area contributed by atoms with Crippen LogP contribution in [0.3, 0.4) is 0 Å². The van der Waals surface area contributed by atoms with Crippen molar-refractivity contribution in [2.45, 2.75) is 25.3 Å². The van der Waals surface area contributed by atoms with Gasteiger partial charge < -0.3 is 15.8 Å². The highest BCUT2D eigenvalue weighted by molar-refractivity contribution is 5.37. The molecule has 1 saturated carbocycles. The number of rotatable bonds is 4. The summed E-state index contributed by atoms with van der Waals surface area (Å²) in [4.78, 5) is 8.52.